The number of halogens is 3. The van der Waals surface area contributed by atoms with Crippen LogP contribution in [0.4, 0.5) is 13.2 Å². The molecule has 0 fully saturated rings. The minimum absolute atomic E-state index is 0.114. The van der Waals surface area contributed by atoms with Crippen molar-refractivity contribution in [1.29, 1.82) is 0 Å². The van der Waals surface area contributed by atoms with Crippen molar-refractivity contribution in [2.45, 2.75) is 11.1 Å². The molecule has 0 bridgehead atoms. The van der Waals surface area contributed by atoms with Crippen molar-refractivity contribution in [3.05, 3.63) is 75.4 Å². The highest BCUT2D eigenvalue weighted by Gasteiger charge is 2.32. The number of alkyl halides is 3. The molecule has 2 N–H and O–H groups in total. The van der Waals surface area contributed by atoms with Gasteiger partial charge in [-0.3, -0.25) is 4.79 Å². The van der Waals surface area contributed by atoms with Crippen molar-refractivity contribution in [2.24, 2.45) is 10.7 Å². The Bertz CT molecular complexity index is 1270. The van der Waals surface area contributed by atoms with Crippen molar-refractivity contribution in [3.8, 4) is 10.4 Å². The average Bonchev–Trinajstić information content (AvgIpc) is 3.38. The molecule has 0 aliphatic heterocycles. The van der Waals surface area contributed by atoms with E-state index >= 15 is 0 Å². The van der Waals surface area contributed by atoms with Gasteiger partial charge >= 0.3 is 6.18 Å². The van der Waals surface area contributed by atoms with Crippen LogP contribution in [0.5, 0.6) is 0 Å². The summed E-state index contributed by atoms with van der Waals surface area (Å²) in [7, 11) is -3.43. The number of carbonyl (C=O) groups excluding carboxylic acids is 1. The van der Waals surface area contributed by atoms with Gasteiger partial charge in [0.1, 0.15) is 5.70 Å². The maximum atomic E-state index is 13.0. The first kappa shape index (κ1) is 22.9. The van der Waals surface area contributed by atoms with Crippen LogP contribution in [0.2, 0.25) is 0 Å². The third-order valence-electron chi connectivity index (χ3n) is 3.98. The predicted molar refractivity (Wildman–Crippen MR) is 116 cm³/mol. The number of allylic oxidation sites excluding steroid dienone is 2. The van der Waals surface area contributed by atoms with Gasteiger partial charge in [-0.25, -0.2) is 13.4 Å². The Morgan fingerprint density at radius 1 is 1.10 bits per heavy atom. The van der Waals surface area contributed by atoms with E-state index in [9.17, 15) is 26.4 Å². The number of nitrogens with zero attached hydrogens (tertiary/aromatic N) is 1. The Balaban J connectivity index is 2.05. The minimum Gasteiger partial charge on any atom is -0.395 e. The van der Waals surface area contributed by atoms with Crippen LogP contribution in [-0.4, -0.2) is 32.5 Å². The van der Waals surface area contributed by atoms with E-state index in [0.717, 1.165) is 28.9 Å². The van der Waals surface area contributed by atoms with Gasteiger partial charge in [-0.2, -0.15) is 13.2 Å². The van der Waals surface area contributed by atoms with Crippen molar-refractivity contribution < 1.29 is 26.4 Å². The van der Waals surface area contributed by atoms with Crippen LogP contribution in [0.3, 0.4) is 0 Å². The summed E-state index contributed by atoms with van der Waals surface area (Å²) in [4.78, 5) is 17.5. The Hall–Kier alpha value is -2.76. The molecule has 31 heavy (non-hydrogen) atoms. The summed E-state index contributed by atoms with van der Waals surface area (Å²) in [5, 5.41) is 1.65. The molecule has 2 aromatic heterocycles. The summed E-state index contributed by atoms with van der Waals surface area (Å²) in [5.74, 6) is -0.690. The van der Waals surface area contributed by atoms with Crippen molar-refractivity contribution >= 4 is 44.1 Å². The molecule has 162 valence electrons. The highest BCUT2D eigenvalue weighted by Crippen LogP contribution is 2.31. The quantitative estimate of drug-likeness (QED) is 0.521. The van der Waals surface area contributed by atoms with E-state index in [2.05, 4.69) is 4.99 Å². The molecular formula is C20H15F3N2O3S3. The summed E-state index contributed by atoms with van der Waals surface area (Å²) in [6.45, 7) is 0. The lowest BCUT2D eigenvalue weighted by atomic mass is 10.2. The van der Waals surface area contributed by atoms with E-state index in [1.54, 1.807) is 29.6 Å². The van der Waals surface area contributed by atoms with Gasteiger partial charge in [0.15, 0.2) is 9.84 Å². The molecule has 0 saturated carbocycles. The second-order valence-electron chi connectivity index (χ2n) is 6.34. The lowest BCUT2D eigenvalue weighted by Gasteiger charge is -2.07. The fraction of sp³-hybridized carbons (Fsp3) is 0.100. The van der Waals surface area contributed by atoms with Crippen molar-refractivity contribution in [1.82, 2.24) is 0 Å². The van der Waals surface area contributed by atoms with Crippen LogP contribution >= 0.6 is 22.7 Å². The summed E-state index contributed by atoms with van der Waals surface area (Å²) >= 11 is 2.18. The van der Waals surface area contributed by atoms with Gasteiger partial charge in [-0.15, -0.1) is 22.7 Å². The molecule has 3 rings (SSSR count). The summed E-state index contributed by atoms with van der Waals surface area (Å²) in [6.07, 6.45) is -3.08. The number of rotatable bonds is 5. The van der Waals surface area contributed by atoms with Crippen LogP contribution in [0.15, 0.2) is 75.6 Å². The fourth-order valence-corrected chi connectivity index (χ4v) is 4.70. The number of aliphatic imine (C=N–C) groups is 1. The second kappa shape index (κ2) is 8.77. The first-order valence-corrected chi connectivity index (χ1v) is 12.2. The maximum Gasteiger partial charge on any atom is 0.430 e. The first-order valence-electron chi connectivity index (χ1n) is 8.57. The highest BCUT2D eigenvalue weighted by molar-refractivity contribution is 7.90. The molecule has 3 aromatic rings. The molecule has 5 nitrogen and oxygen atoms in total. The Kier molecular flexibility index (Phi) is 6.48. The zero-order valence-corrected chi connectivity index (χ0v) is 18.3. The van der Waals surface area contributed by atoms with Gasteiger partial charge in [0.2, 0.25) is 0 Å². The molecule has 11 heteroatoms. The number of nitrogens with two attached hydrogens (primary N) is 1. The molecule has 0 unspecified atom stereocenters. The number of hydrogen-bond acceptors (Lipinski definition) is 6. The number of benzene rings is 1. The highest BCUT2D eigenvalue weighted by atomic mass is 32.2. The molecule has 1 aromatic carbocycles. The van der Waals surface area contributed by atoms with E-state index in [-0.39, 0.29) is 20.4 Å². The van der Waals surface area contributed by atoms with Gasteiger partial charge < -0.3 is 5.73 Å². The van der Waals surface area contributed by atoms with E-state index in [1.165, 1.54) is 24.3 Å². The van der Waals surface area contributed by atoms with Crippen LogP contribution in [-0.2, 0) is 9.84 Å². The third-order valence-corrected chi connectivity index (χ3v) is 7.10. The molecule has 0 radical (unpaired) electrons. The van der Waals surface area contributed by atoms with E-state index in [0.29, 0.717) is 16.5 Å². The van der Waals surface area contributed by atoms with Gasteiger partial charge in [0, 0.05) is 11.1 Å². The molecule has 1 amide bonds. The van der Waals surface area contributed by atoms with Crippen LogP contribution in [0, 0.1) is 0 Å². The van der Waals surface area contributed by atoms with Gasteiger partial charge in [-0.05, 0) is 47.4 Å². The zero-order chi connectivity index (χ0) is 22.8. The third kappa shape index (κ3) is 5.69. The minimum atomic E-state index is -4.78. The molecule has 0 aliphatic carbocycles. The van der Waals surface area contributed by atoms with Gasteiger partial charge in [0.05, 0.1) is 20.4 Å². The molecule has 0 aliphatic rings. The lowest BCUT2D eigenvalue weighted by molar-refractivity contribution is -0.0925. The van der Waals surface area contributed by atoms with E-state index < -0.39 is 27.6 Å². The molecule has 0 saturated heterocycles. The summed E-state index contributed by atoms with van der Waals surface area (Å²) in [5.41, 5.74) is 4.10. The average molecular weight is 485 g/mol. The van der Waals surface area contributed by atoms with Crippen molar-refractivity contribution in [3.63, 3.8) is 0 Å². The number of amides is 1. The van der Waals surface area contributed by atoms with E-state index in [1.807, 2.05) is 0 Å². The Morgan fingerprint density at radius 2 is 1.84 bits per heavy atom. The fourth-order valence-electron chi connectivity index (χ4n) is 2.46. The monoisotopic (exact) mass is 484 g/mol. The molecular weight excluding hydrogens is 469 g/mol. The topological polar surface area (TPSA) is 89.6 Å². The Labute approximate surface area is 184 Å². The number of sulfone groups is 1. The SMILES string of the molecule is CS(=O)(=O)c1cccc(-c2ccc(C(/C=C(\N)C(F)(F)F)=NC(=O)c3cccs3)s2)c1. The van der Waals surface area contributed by atoms with Gasteiger partial charge in [-0.1, -0.05) is 18.2 Å². The predicted octanol–water partition coefficient (Wildman–Crippen LogP) is 4.91. The smallest absolute Gasteiger partial charge is 0.395 e. The number of carbonyl (C=O) groups is 1. The first-order chi connectivity index (χ1) is 14.4. The number of thiophene rings is 2. The van der Waals surface area contributed by atoms with Crippen LogP contribution in [0.1, 0.15) is 14.5 Å². The summed E-state index contributed by atoms with van der Waals surface area (Å²) in [6, 6.07) is 12.4. The zero-order valence-electron chi connectivity index (χ0n) is 15.9. The van der Waals surface area contributed by atoms with Crippen molar-refractivity contribution in [2.75, 3.05) is 6.26 Å². The molecule has 0 atom stereocenters. The van der Waals surface area contributed by atoms with Gasteiger partial charge in [0.25, 0.3) is 5.91 Å². The van der Waals surface area contributed by atoms with E-state index in [4.69, 9.17) is 5.73 Å². The normalized spacial score (nSPS) is 13.4. The second-order valence-corrected chi connectivity index (χ2v) is 10.4. The Morgan fingerprint density at radius 3 is 2.45 bits per heavy atom. The summed E-state index contributed by atoms with van der Waals surface area (Å²) < 4.78 is 62.5. The molecule has 0 spiro atoms. The largest absolute Gasteiger partial charge is 0.430 e. The van der Waals surface area contributed by atoms with Crippen LogP contribution in [0.25, 0.3) is 10.4 Å². The lowest BCUT2D eigenvalue weighted by Crippen LogP contribution is -2.21. The number of hydrogen-bond donors (Lipinski definition) is 1. The maximum absolute atomic E-state index is 13.0. The standard InChI is InChI=1S/C20H15F3N2O3S3/c1-31(27,28)13-5-2-4-12(10-13)15-7-8-16(30-15)14(11-18(24)20(21,22)23)25-19(26)17-6-3-9-29-17/h2-11H,24H2,1H3/b18-11-,25-14?. The van der Waals surface area contributed by atoms with Crippen LogP contribution < -0.4 is 5.73 Å². The molecule has 2 heterocycles.